The fourth-order valence-electron chi connectivity index (χ4n) is 5.09. The summed E-state index contributed by atoms with van der Waals surface area (Å²) in [5, 5.41) is 11.6. The molecule has 3 aliphatic heterocycles. The van der Waals surface area contributed by atoms with Gasteiger partial charge in [-0.05, 0) is 43.4 Å². The van der Waals surface area contributed by atoms with Gasteiger partial charge >= 0.3 is 0 Å². The molecule has 0 spiro atoms. The number of piperidine rings is 1. The number of carbonyl (C=O) groups is 2. The van der Waals surface area contributed by atoms with Crippen molar-refractivity contribution >= 4 is 33.6 Å². The largest absolute Gasteiger partial charge is 0.350 e. The van der Waals surface area contributed by atoms with Crippen molar-refractivity contribution < 1.29 is 26.8 Å². The Morgan fingerprint density at radius 3 is 2.54 bits per heavy atom. The van der Waals surface area contributed by atoms with Crippen LogP contribution >= 0.6 is 11.6 Å². The topological polar surface area (TPSA) is 114 Å². The van der Waals surface area contributed by atoms with Gasteiger partial charge in [0, 0.05) is 56.8 Å². The van der Waals surface area contributed by atoms with Crippen molar-refractivity contribution in [2.24, 2.45) is 11.8 Å². The first-order valence-electron chi connectivity index (χ1n) is 12.3. The lowest BCUT2D eigenvalue weighted by Crippen LogP contribution is -2.57. The highest BCUT2D eigenvalue weighted by Gasteiger charge is 2.44. The monoisotopic (exact) mass is 557 g/mol. The maximum Gasteiger partial charge on any atom is 0.282 e. The van der Waals surface area contributed by atoms with Crippen molar-refractivity contribution in [2.75, 3.05) is 32.7 Å². The van der Waals surface area contributed by atoms with Crippen molar-refractivity contribution in [2.45, 2.75) is 51.1 Å². The summed E-state index contributed by atoms with van der Waals surface area (Å²) < 4.78 is 56.0. The minimum Gasteiger partial charge on any atom is -0.350 e. The molecule has 3 aliphatic rings. The predicted octanol–water partition coefficient (Wildman–Crippen LogP) is 2.47. The molecule has 9 nitrogen and oxygen atoms in total. The summed E-state index contributed by atoms with van der Waals surface area (Å²) in [5.74, 6) is -4.63. The summed E-state index contributed by atoms with van der Waals surface area (Å²) in [6.45, 7) is 1.82. The predicted molar refractivity (Wildman–Crippen MR) is 131 cm³/mol. The fourth-order valence-corrected chi connectivity index (χ4v) is 7.16. The lowest BCUT2D eigenvalue weighted by atomic mass is 9.97. The molecule has 0 aliphatic carbocycles. The SMILES string of the molecule is CC(F)(F)c1cc(CNC(=O)[C@H]2CCCN2C(=O)[C@H]2CCCN(S(=O)(=O)N3CC(C#N)C3)C2)ccc1Cl. The molecule has 202 valence electrons. The van der Waals surface area contributed by atoms with E-state index in [0.29, 0.717) is 44.3 Å². The number of alkyl halides is 2. The molecule has 4 rings (SSSR count). The molecule has 0 saturated carbocycles. The molecule has 0 unspecified atom stereocenters. The zero-order chi connectivity index (χ0) is 27.0. The minimum absolute atomic E-state index is 0.00654. The number of amides is 2. The van der Waals surface area contributed by atoms with Crippen molar-refractivity contribution in [1.82, 2.24) is 18.8 Å². The average molecular weight is 558 g/mol. The molecule has 0 aromatic heterocycles. The van der Waals surface area contributed by atoms with E-state index in [1.54, 1.807) is 6.07 Å². The van der Waals surface area contributed by atoms with Crippen LogP contribution in [0, 0.1) is 23.2 Å². The summed E-state index contributed by atoms with van der Waals surface area (Å²) >= 11 is 5.89. The van der Waals surface area contributed by atoms with Crippen LogP contribution in [0.15, 0.2) is 18.2 Å². The van der Waals surface area contributed by atoms with E-state index in [1.807, 2.05) is 0 Å². The Labute approximate surface area is 220 Å². The van der Waals surface area contributed by atoms with Crippen LogP contribution in [0.1, 0.15) is 43.7 Å². The zero-order valence-corrected chi connectivity index (χ0v) is 22.1. The van der Waals surface area contributed by atoms with Gasteiger partial charge in [-0.1, -0.05) is 17.7 Å². The van der Waals surface area contributed by atoms with Gasteiger partial charge in [0.15, 0.2) is 0 Å². The van der Waals surface area contributed by atoms with Crippen LogP contribution in [0.25, 0.3) is 0 Å². The summed E-state index contributed by atoms with van der Waals surface area (Å²) in [7, 11) is -3.74. The molecule has 3 fully saturated rings. The lowest BCUT2D eigenvalue weighted by molar-refractivity contribution is -0.142. The Bertz CT molecular complexity index is 1200. The molecule has 1 N–H and O–H groups in total. The standard InChI is InChI=1S/C24H30ClF2N5O4S/c1-24(26,27)19-10-16(6-7-20(19)25)12-29-22(33)21-5-3-9-32(21)23(34)18-4-2-8-30(15-18)37(35,36)31-13-17(11-28)14-31/h6-7,10,17-18,21H,2-5,8-9,12-15H2,1H3,(H,29,33)/t18-,21+/m0/s1. The van der Waals surface area contributed by atoms with E-state index >= 15 is 0 Å². The number of carbonyl (C=O) groups excluding carboxylic acids is 2. The van der Waals surface area contributed by atoms with Crippen LogP contribution in [0.5, 0.6) is 0 Å². The quantitative estimate of drug-likeness (QED) is 0.553. The van der Waals surface area contributed by atoms with Crippen LogP contribution in [0.4, 0.5) is 8.78 Å². The second kappa shape index (κ2) is 10.8. The summed E-state index contributed by atoms with van der Waals surface area (Å²) in [4.78, 5) is 27.9. The van der Waals surface area contributed by atoms with Crippen LogP contribution in [0.2, 0.25) is 5.02 Å². The molecule has 1 aromatic carbocycles. The van der Waals surface area contributed by atoms with Crippen LogP contribution < -0.4 is 5.32 Å². The summed E-state index contributed by atoms with van der Waals surface area (Å²) in [5.41, 5.74) is 0.139. The van der Waals surface area contributed by atoms with E-state index in [9.17, 15) is 26.8 Å². The molecule has 2 atom stereocenters. The normalized spacial score (nSPS) is 23.9. The second-order valence-electron chi connectivity index (χ2n) is 9.96. The van der Waals surface area contributed by atoms with E-state index < -0.39 is 28.1 Å². The molecule has 13 heteroatoms. The molecule has 3 saturated heterocycles. The first-order valence-corrected chi connectivity index (χ1v) is 14.1. The van der Waals surface area contributed by atoms with E-state index in [4.69, 9.17) is 16.9 Å². The van der Waals surface area contributed by atoms with E-state index in [2.05, 4.69) is 11.4 Å². The first kappa shape index (κ1) is 27.7. The highest BCUT2D eigenvalue weighted by atomic mass is 35.5. The average Bonchev–Trinajstić information content (AvgIpc) is 3.31. The highest BCUT2D eigenvalue weighted by molar-refractivity contribution is 7.86. The summed E-state index contributed by atoms with van der Waals surface area (Å²) in [6.07, 6.45) is 2.15. The van der Waals surface area contributed by atoms with Gasteiger partial charge in [-0.3, -0.25) is 9.59 Å². The van der Waals surface area contributed by atoms with Crippen LogP contribution in [-0.2, 0) is 32.3 Å². The number of nitrogens with one attached hydrogen (secondary N) is 1. The number of nitriles is 1. The molecule has 0 radical (unpaired) electrons. The van der Waals surface area contributed by atoms with Crippen molar-refractivity contribution in [3.63, 3.8) is 0 Å². The van der Waals surface area contributed by atoms with Crippen LogP contribution in [-0.4, -0.2) is 72.5 Å². The van der Waals surface area contributed by atoms with Gasteiger partial charge < -0.3 is 10.2 Å². The molecule has 1 aromatic rings. The maximum atomic E-state index is 13.8. The number of hydrogen-bond acceptors (Lipinski definition) is 5. The Morgan fingerprint density at radius 1 is 1.16 bits per heavy atom. The van der Waals surface area contributed by atoms with Gasteiger partial charge in [0.05, 0.1) is 17.9 Å². The van der Waals surface area contributed by atoms with Gasteiger partial charge in [0.1, 0.15) is 6.04 Å². The second-order valence-corrected chi connectivity index (χ2v) is 12.3. The highest BCUT2D eigenvalue weighted by Crippen LogP contribution is 2.33. The van der Waals surface area contributed by atoms with Gasteiger partial charge in [-0.2, -0.15) is 22.3 Å². The van der Waals surface area contributed by atoms with Crippen LogP contribution in [0.3, 0.4) is 0 Å². The van der Waals surface area contributed by atoms with E-state index in [-0.39, 0.29) is 54.5 Å². The number of hydrogen-bond donors (Lipinski definition) is 1. The van der Waals surface area contributed by atoms with E-state index in [1.165, 1.54) is 25.6 Å². The van der Waals surface area contributed by atoms with E-state index in [0.717, 1.165) is 6.92 Å². The molecule has 37 heavy (non-hydrogen) atoms. The van der Waals surface area contributed by atoms with Crippen molar-refractivity contribution in [3.8, 4) is 6.07 Å². The van der Waals surface area contributed by atoms with Gasteiger partial charge in [0.25, 0.3) is 16.1 Å². The van der Waals surface area contributed by atoms with Gasteiger partial charge in [0.2, 0.25) is 11.8 Å². The first-order chi connectivity index (χ1) is 17.4. The third-order valence-electron chi connectivity index (χ3n) is 7.23. The number of rotatable bonds is 7. The Balaban J connectivity index is 1.37. The van der Waals surface area contributed by atoms with Crippen molar-refractivity contribution in [3.05, 3.63) is 34.3 Å². The van der Waals surface area contributed by atoms with Crippen molar-refractivity contribution in [1.29, 1.82) is 5.26 Å². The molecule has 0 bridgehead atoms. The lowest BCUT2D eigenvalue weighted by Gasteiger charge is -2.41. The number of nitrogens with zero attached hydrogens (tertiary/aromatic N) is 4. The zero-order valence-electron chi connectivity index (χ0n) is 20.5. The Morgan fingerprint density at radius 2 is 1.86 bits per heavy atom. The molecular formula is C24H30ClF2N5O4S. The maximum absolute atomic E-state index is 13.8. The fraction of sp³-hybridized carbons (Fsp3) is 0.625. The van der Waals surface area contributed by atoms with Gasteiger partial charge in [-0.15, -0.1) is 0 Å². The number of benzene rings is 1. The Hall–Kier alpha value is -2.33. The third-order valence-corrected chi connectivity index (χ3v) is 9.49. The molecule has 3 heterocycles. The Kier molecular flexibility index (Phi) is 8.09. The minimum atomic E-state index is -3.74. The molecular weight excluding hydrogens is 528 g/mol. The number of halogens is 3. The number of likely N-dealkylation sites (tertiary alicyclic amines) is 1. The van der Waals surface area contributed by atoms with Gasteiger partial charge in [-0.25, -0.2) is 8.78 Å². The molecule has 2 amide bonds. The smallest absolute Gasteiger partial charge is 0.282 e. The summed E-state index contributed by atoms with van der Waals surface area (Å²) in [6, 6.07) is 5.54. The third kappa shape index (κ3) is 5.90.